The van der Waals surface area contributed by atoms with Crippen LogP contribution in [-0.4, -0.2) is 10.2 Å². The molecule has 4 heteroatoms. The molecular weight excluding hydrogens is 267 g/mol. The lowest BCUT2D eigenvalue weighted by Gasteiger charge is -1.95. The van der Waals surface area contributed by atoms with Gasteiger partial charge in [0, 0.05) is 5.39 Å². The maximum atomic E-state index is 11.4. The predicted octanol–water partition coefficient (Wildman–Crippen LogP) is 1.53. The van der Waals surface area contributed by atoms with Gasteiger partial charge in [-0.15, -0.1) is 0 Å². The molecule has 12 heavy (non-hydrogen) atoms. The first-order chi connectivity index (χ1) is 5.79. The van der Waals surface area contributed by atoms with Crippen LogP contribution >= 0.6 is 22.6 Å². The molecule has 0 aliphatic rings. The van der Waals surface area contributed by atoms with E-state index in [0.717, 1.165) is 5.52 Å². The van der Waals surface area contributed by atoms with E-state index in [0.29, 0.717) is 9.09 Å². The topological polar surface area (TPSA) is 45.8 Å². The van der Waals surface area contributed by atoms with Crippen LogP contribution in [0, 0.1) is 3.70 Å². The van der Waals surface area contributed by atoms with Gasteiger partial charge < -0.3 is 0 Å². The molecule has 60 valence electrons. The van der Waals surface area contributed by atoms with Crippen LogP contribution in [0.4, 0.5) is 0 Å². The van der Waals surface area contributed by atoms with Gasteiger partial charge in [0.05, 0.1) is 5.52 Å². The quantitative estimate of drug-likeness (QED) is 0.739. The Labute approximate surface area is 81.9 Å². The number of halogens is 1. The van der Waals surface area contributed by atoms with Crippen LogP contribution < -0.4 is 5.43 Å². The zero-order chi connectivity index (χ0) is 8.55. The van der Waals surface area contributed by atoms with Crippen molar-refractivity contribution in [2.75, 3.05) is 0 Å². The van der Waals surface area contributed by atoms with E-state index in [4.69, 9.17) is 0 Å². The highest BCUT2D eigenvalue weighted by molar-refractivity contribution is 14.1. The molecule has 1 aromatic heterocycles. The van der Waals surface area contributed by atoms with Crippen LogP contribution in [-0.2, 0) is 0 Å². The maximum Gasteiger partial charge on any atom is 0.221 e. The molecule has 0 amide bonds. The summed E-state index contributed by atoms with van der Waals surface area (Å²) in [6.45, 7) is 0. The van der Waals surface area contributed by atoms with Gasteiger partial charge in [-0.2, -0.15) is 5.10 Å². The second-order valence-corrected chi connectivity index (χ2v) is 3.41. The molecule has 0 aliphatic carbocycles. The summed E-state index contributed by atoms with van der Waals surface area (Å²) in [5, 5.41) is 7.35. The molecule has 2 aromatic rings. The summed E-state index contributed by atoms with van der Waals surface area (Å²) in [6, 6.07) is 7.33. The standard InChI is InChI=1S/C8H5IN2O/c9-8-7(12)5-3-1-2-4-6(5)10-11-8/h1-4H,(H,10,12). The first kappa shape index (κ1) is 7.72. The first-order valence-corrected chi connectivity index (χ1v) is 4.50. The Morgan fingerprint density at radius 1 is 1.33 bits per heavy atom. The van der Waals surface area contributed by atoms with Crippen molar-refractivity contribution in [2.45, 2.75) is 0 Å². The Bertz CT molecular complexity index is 478. The molecule has 1 N–H and O–H groups in total. The molecule has 0 saturated carbocycles. The van der Waals surface area contributed by atoms with Crippen LogP contribution in [0.2, 0.25) is 0 Å². The van der Waals surface area contributed by atoms with Gasteiger partial charge in [0.1, 0.15) is 0 Å². The van der Waals surface area contributed by atoms with Gasteiger partial charge in [0.2, 0.25) is 5.43 Å². The number of nitrogens with zero attached hydrogens (tertiary/aromatic N) is 1. The largest absolute Gasteiger partial charge is 0.286 e. The van der Waals surface area contributed by atoms with Crippen LogP contribution in [0.5, 0.6) is 0 Å². The molecule has 0 aliphatic heterocycles. The monoisotopic (exact) mass is 272 g/mol. The molecule has 1 aromatic carbocycles. The van der Waals surface area contributed by atoms with Crippen molar-refractivity contribution in [1.82, 2.24) is 10.2 Å². The molecule has 0 spiro atoms. The molecule has 0 radical (unpaired) electrons. The van der Waals surface area contributed by atoms with Gasteiger partial charge in [-0.3, -0.25) is 9.89 Å². The number of para-hydroxylation sites is 1. The second kappa shape index (κ2) is 2.85. The van der Waals surface area contributed by atoms with Gasteiger partial charge in [0.25, 0.3) is 0 Å². The van der Waals surface area contributed by atoms with Crippen molar-refractivity contribution in [1.29, 1.82) is 0 Å². The minimum Gasteiger partial charge on any atom is -0.286 e. The number of H-pyrrole nitrogens is 1. The fourth-order valence-corrected chi connectivity index (χ4v) is 1.46. The zero-order valence-corrected chi connectivity index (χ0v) is 8.20. The van der Waals surface area contributed by atoms with E-state index < -0.39 is 0 Å². The highest BCUT2D eigenvalue weighted by atomic mass is 127. The Balaban J connectivity index is 3.01. The van der Waals surface area contributed by atoms with Gasteiger partial charge >= 0.3 is 0 Å². The zero-order valence-electron chi connectivity index (χ0n) is 6.04. The van der Waals surface area contributed by atoms with Gasteiger partial charge in [0.15, 0.2) is 3.70 Å². The summed E-state index contributed by atoms with van der Waals surface area (Å²) in [5.41, 5.74) is 0.771. The van der Waals surface area contributed by atoms with Crippen LogP contribution in [0.3, 0.4) is 0 Å². The smallest absolute Gasteiger partial charge is 0.221 e. The minimum absolute atomic E-state index is 0.00931. The number of aromatic amines is 1. The molecular formula is C8H5IN2O. The van der Waals surface area contributed by atoms with Crippen LogP contribution in [0.15, 0.2) is 29.1 Å². The summed E-state index contributed by atoms with van der Waals surface area (Å²) < 4.78 is 0.478. The van der Waals surface area contributed by atoms with Crippen molar-refractivity contribution < 1.29 is 0 Å². The number of aromatic nitrogens is 2. The van der Waals surface area contributed by atoms with E-state index >= 15 is 0 Å². The molecule has 3 nitrogen and oxygen atoms in total. The first-order valence-electron chi connectivity index (χ1n) is 3.42. The summed E-state index contributed by atoms with van der Waals surface area (Å²) in [4.78, 5) is 11.4. The van der Waals surface area contributed by atoms with E-state index in [1.54, 1.807) is 6.07 Å². The molecule has 0 saturated heterocycles. The van der Waals surface area contributed by atoms with E-state index in [9.17, 15) is 4.79 Å². The van der Waals surface area contributed by atoms with E-state index in [2.05, 4.69) is 10.2 Å². The molecule has 0 unspecified atom stereocenters. The average molecular weight is 272 g/mol. The molecule has 0 fully saturated rings. The fraction of sp³-hybridized carbons (Fsp3) is 0. The van der Waals surface area contributed by atoms with E-state index in [-0.39, 0.29) is 5.43 Å². The van der Waals surface area contributed by atoms with Gasteiger partial charge in [-0.25, -0.2) is 0 Å². The minimum atomic E-state index is -0.00931. The van der Waals surface area contributed by atoms with Gasteiger partial charge in [-0.1, -0.05) is 12.1 Å². The molecule has 2 rings (SSSR count). The third-order valence-corrected chi connectivity index (χ3v) is 2.36. The Morgan fingerprint density at radius 2 is 2.08 bits per heavy atom. The number of nitrogens with one attached hydrogen (secondary N) is 1. The second-order valence-electron chi connectivity index (χ2n) is 2.39. The van der Waals surface area contributed by atoms with Crippen molar-refractivity contribution in [3.63, 3.8) is 0 Å². The Morgan fingerprint density at radius 3 is 2.92 bits per heavy atom. The number of rotatable bonds is 0. The van der Waals surface area contributed by atoms with E-state index in [1.807, 2.05) is 40.8 Å². The number of fused-ring (bicyclic) bond motifs is 1. The molecule has 1 heterocycles. The van der Waals surface area contributed by atoms with Crippen LogP contribution in [0.25, 0.3) is 10.9 Å². The molecule has 0 bridgehead atoms. The average Bonchev–Trinajstić information content (AvgIpc) is 2.12. The van der Waals surface area contributed by atoms with Crippen molar-refractivity contribution in [3.8, 4) is 0 Å². The SMILES string of the molecule is O=c1c(I)n[nH]c2ccccc12. The summed E-state index contributed by atoms with van der Waals surface area (Å²) in [7, 11) is 0. The van der Waals surface area contributed by atoms with Crippen LogP contribution in [0.1, 0.15) is 0 Å². The molecule has 0 atom stereocenters. The number of benzene rings is 1. The lowest BCUT2D eigenvalue weighted by molar-refractivity contribution is 1.03. The highest BCUT2D eigenvalue weighted by Crippen LogP contribution is 2.05. The van der Waals surface area contributed by atoms with E-state index in [1.165, 1.54) is 0 Å². The fourth-order valence-electron chi connectivity index (χ4n) is 1.05. The summed E-state index contributed by atoms with van der Waals surface area (Å²) in [5.74, 6) is 0. The third kappa shape index (κ3) is 1.12. The lowest BCUT2D eigenvalue weighted by atomic mass is 10.2. The Kier molecular flexibility index (Phi) is 1.84. The Hall–Kier alpha value is -0.910. The highest BCUT2D eigenvalue weighted by Gasteiger charge is 2.01. The number of hydrogen-bond acceptors (Lipinski definition) is 2. The maximum absolute atomic E-state index is 11.4. The third-order valence-electron chi connectivity index (χ3n) is 1.63. The van der Waals surface area contributed by atoms with Crippen molar-refractivity contribution in [2.24, 2.45) is 0 Å². The summed E-state index contributed by atoms with van der Waals surface area (Å²) in [6.07, 6.45) is 0. The lowest BCUT2D eigenvalue weighted by Crippen LogP contribution is -2.09. The number of hydrogen-bond donors (Lipinski definition) is 1. The van der Waals surface area contributed by atoms with Crippen molar-refractivity contribution >= 4 is 33.5 Å². The van der Waals surface area contributed by atoms with Crippen molar-refractivity contribution in [3.05, 3.63) is 38.2 Å². The predicted molar refractivity (Wildman–Crippen MR) is 55.1 cm³/mol. The summed E-state index contributed by atoms with van der Waals surface area (Å²) >= 11 is 1.92. The van der Waals surface area contributed by atoms with Gasteiger partial charge in [-0.05, 0) is 34.7 Å². The normalized spacial score (nSPS) is 10.4.